The lowest BCUT2D eigenvalue weighted by Crippen LogP contribution is -2.42. The molecule has 2 aliphatic rings. The summed E-state index contributed by atoms with van der Waals surface area (Å²) in [5, 5.41) is 10.1. The summed E-state index contributed by atoms with van der Waals surface area (Å²) in [6.07, 6.45) is 10.9. The largest absolute Gasteiger partial charge is 0.393 e. The summed E-state index contributed by atoms with van der Waals surface area (Å²) < 4.78 is 0. The van der Waals surface area contributed by atoms with Crippen LogP contribution < -0.4 is 0 Å². The van der Waals surface area contributed by atoms with Gasteiger partial charge in [-0.05, 0) is 56.0 Å². The van der Waals surface area contributed by atoms with Gasteiger partial charge in [0.2, 0.25) is 0 Å². The molecule has 1 spiro atoms. The van der Waals surface area contributed by atoms with Gasteiger partial charge in [0.15, 0.2) is 0 Å². The Bertz CT molecular complexity index is 265. The van der Waals surface area contributed by atoms with Gasteiger partial charge in [-0.15, -0.1) is 0 Å². The minimum Gasteiger partial charge on any atom is -0.393 e. The molecule has 1 heterocycles. The summed E-state index contributed by atoms with van der Waals surface area (Å²) >= 11 is 0. The Morgan fingerprint density at radius 3 is 2.11 bits per heavy atom. The molecule has 0 amide bonds. The van der Waals surface area contributed by atoms with Crippen molar-refractivity contribution in [3.8, 4) is 0 Å². The number of rotatable bonds is 3. The van der Waals surface area contributed by atoms with Crippen LogP contribution in [-0.2, 0) is 0 Å². The zero-order chi connectivity index (χ0) is 13.9. The van der Waals surface area contributed by atoms with Crippen molar-refractivity contribution in [1.29, 1.82) is 0 Å². The summed E-state index contributed by atoms with van der Waals surface area (Å²) in [4.78, 5) is 2.58. The van der Waals surface area contributed by atoms with Crippen molar-refractivity contribution in [2.45, 2.75) is 78.2 Å². The molecule has 19 heavy (non-hydrogen) atoms. The van der Waals surface area contributed by atoms with Gasteiger partial charge in [-0.2, -0.15) is 0 Å². The van der Waals surface area contributed by atoms with E-state index in [-0.39, 0.29) is 11.5 Å². The lowest BCUT2D eigenvalue weighted by atomic mass is 9.68. The quantitative estimate of drug-likeness (QED) is 0.840. The molecule has 2 heteroatoms. The molecule has 0 aromatic carbocycles. The smallest absolute Gasteiger partial charge is 0.0600 e. The van der Waals surface area contributed by atoms with Crippen LogP contribution in [0.4, 0.5) is 0 Å². The van der Waals surface area contributed by atoms with Crippen molar-refractivity contribution >= 4 is 0 Å². The number of nitrogens with zero attached hydrogens (tertiary/aromatic N) is 1. The third-order valence-electron chi connectivity index (χ3n) is 5.55. The summed E-state index contributed by atoms with van der Waals surface area (Å²) in [5.74, 6) is 0. The molecule has 0 radical (unpaired) electrons. The third kappa shape index (κ3) is 4.19. The highest BCUT2D eigenvalue weighted by Crippen LogP contribution is 2.44. The van der Waals surface area contributed by atoms with Crippen LogP contribution in [0.1, 0.15) is 72.1 Å². The van der Waals surface area contributed by atoms with Gasteiger partial charge in [0.05, 0.1) is 6.10 Å². The van der Waals surface area contributed by atoms with Gasteiger partial charge in [0, 0.05) is 6.54 Å². The van der Waals surface area contributed by atoms with E-state index >= 15 is 0 Å². The van der Waals surface area contributed by atoms with Crippen LogP contribution in [0, 0.1) is 10.8 Å². The highest BCUT2D eigenvalue weighted by Gasteiger charge is 2.35. The van der Waals surface area contributed by atoms with E-state index in [2.05, 4.69) is 25.7 Å². The van der Waals surface area contributed by atoms with Gasteiger partial charge < -0.3 is 10.0 Å². The van der Waals surface area contributed by atoms with Crippen LogP contribution in [0.5, 0.6) is 0 Å². The van der Waals surface area contributed by atoms with Crippen molar-refractivity contribution in [3.63, 3.8) is 0 Å². The molecule has 0 aromatic heterocycles. The number of aliphatic hydroxyl groups excluding tert-OH is 1. The Labute approximate surface area is 119 Å². The molecule has 0 bridgehead atoms. The first kappa shape index (κ1) is 15.3. The van der Waals surface area contributed by atoms with Crippen LogP contribution in [-0.4, -0.2) is 35.7 Å². The normalized spacial score (nSPS) is 26.5. The Kier molecular flexibility index (Phi) is 4.94. The molecule has 1 N–H and O–H groups in total. The zero-order valence-corrected chi connectivity index (χ0v) is 13.2. The number of hydrogen-bond acceptors (Lipinski definition) is 2. The van der Waals surface area contributed by atoms with E-state index in [1.807, 2.05) is 0 Å². The van der Waals surface area contributed by atoms with Gasteiger partial charge in [0.25, 0.3) is 0 Å². The molecule has 2 rings (SSSR count). The van der Waals surface area contributed by atoms with Crippen LogP contribution >= 0.6 is 0 Å². The summed E-state index contributed by atoms with van der Waals surface area (Å²) in [5.41, 5.74) is 0.734. The lowest BCUT2D eigenvalue weighted by Gasteiger charge is -2.44. The van der Waals surface area contributed by atoms with Gasteiger partial charge in [-0.25, -0.2) is 0 Å². The van der Waals surface area contributed by atoms with Crippen molar-refractivity contribution in [2.24, 2.45) is 10.8 Å². The average Bonchev–Trinajstić information content (AvgIpc) is 2.38. The monoisotopic (exact) mass is 267 g/mol. The van der Waals surface area contributed by atoms with Crippen molar-refractivity contribution in [2.75, 3.05) is 19.6 Å². The summed E-state index contributed by atoms with van der Waals surface area (Å²) in [7, 11) is 0. The van der Waals surface area contributed by atoms with E-state index in [1.54, 1.807) is 0 Å². The molecule has 1 saturated heterocycles. The Hall–Kier alpha value is -0.0800. The molecule has 1 unspecified atom stereocenters. The van der Waals surface area contributed by atoms with Crippen molar-refractivity contribution in [3.05, 3.63) is 0 Å². The van der Waals surface area contributed by atoms with Gasteiger partial charge >= 0.3 is 0 Å². The van der Waals surface area contributed by atoms with Gasteiger partial charge in [0.1, 0.15) is 0 Å². The van der Waals surface area contributed by atoms with Crippen LogP contribution in [0.3, 0.4) is 0 Å². The molecule has 1 atom stereocenters. The number of hydrogen-bond donors (Lipinski definition) is 1. The van der Waals surface area contributed by atoms with Gasteiger partial charge in [-0.1, -0.05) is 40.0 Å². The van der Waals surface area contributed by atoms with Crippen LogP contribution in [0.15, 0.2) is 0 Å². The molecule has 1 aliphatic carbocycles. The maximum absolute atomic E-state index is 10.1. The first-order valence-corrected chi connectivity index (χ1v) is 8.32. The van der Waals surface area contributed by atoms with E-state index in [4.69, 9.17) is 0 Å². The summed E-state index contributed by atoms with van der Waals surface area (Å²) in [6, 6.07) is 0. The van der Waals surface area contributed by atoms with Crippen LogP contribution in [0.2, 0.25) is 0 Å². The van der Waals surface area contributed by atoms with E-state index in [9.17, 15) is 5.11 Å². The van der Waals surface area contributed by atoms with Gasteiger partial charge in [-0.3, -0.25) is 0 Å². The fourth-order valence-corrected chi connectivity index (χ4v) is 3.79. The number of likely N-dealkylation sites (tertiary alicyclic amines) is 1. The minimum absolute atomic E-state index is 0.0282. The zero-order valence-electron chi connectivity index (χ0n) is 13.2. The molecular weight excluding hydrogens is 234 g/mol. The summed E-state index contributed by atoms with van der Waals surface area (Å²) in [6.45, 7) is 9.99. The number of aliphatic hydroxyl groups is 1. The standard InChI is InChI=1S/C17H33NO/c1-16(2,3)15(19)7-12-18-13-10-17(11-14-18)8-5-4-6-9-17/h15,19H,4-14H2,1-3H3. The van der Waals surface area contributed by atoms with E-state index in [0.717, 1.165) is 13.0 Å². The molecular formula is C17H33NO. The molecule has 2 fully saturated rings. The minimum atomic E-state index is -0.168. The Balaban J connectivity index is 1.71. The lowest BCUT2D eigenvalue weighted by molar-refractivity contribution is 0.0273. The molecule has 112 valence electrons. The number of piperidine rings is 1. The van der Waals surface area contributed by atoms with Crippen LogP contribution in [0.25, 0.3) is 0 Å². The molecule has 1 saturated carbocycles. The fourth-order valence-electron chi connectivity index (χ4n) is 3.79. The first-order chi connectivity index (χ1) is 8.91. The second-order valence-electron chi connectivity index (χ2n) is 8.07. The predicted molar refractivity (Wildman–Crippen MR) is 81.3 cm³/mol. The molecule has 0 aromatic rings. The second-order valence-corrected chi connectivity index (χ2v) is 8.07. The van der Waals surface area contributed by atoms with E-state index in [1.165, 1.54) is 58.0 Å². The average molecular weight is 267 g/mol. The first-order valence-electron chi connectivity index (χ1n) is 8.32. The second kappa shape index (κ2) is 6.13. The molecule has 1 aliphatic heterocycles. The maximum atomic E-state index is 10.1. The van der Waals surface area contributed by atoms with E-state index in [0.29, 0.717) is 5.41 Å². The Morgan fingerprint density at radius 1 is 1.00 bits per heavy atom. The van der Waals surface area contributed by atoms with E-state index < -0.39 is 0 Å². The predicted octanol–water partition coefficient (Wildman–Crippen LogP) is 3.83. The highest BCUT2D eigenvalue weighted by molar-refractivity contribution is 4.88. The topological polar surface area (TPSA) is 23.5 Å². The highest BCUT2D eigenvalue weighted by atomic mass is 16.3. The maximum Gasteiger partial charge on any atom is 0.0600 e. The van der Waals surface area contributed by atoms with Crippen molar-refractivity contribution in [1.82, 2.24) is 4.90 Å². The van der Waals surface area contributed by atoms with Crippen molar-refractivity contribution < 1.29 is 5.11 Å². The fraction of sp³-hybridized carbons (Fsp3) is 1.00. The Morgan fingerprint density at radius 2 is 1.58 bits per heavy atom. The third-order valence-corrected chi connectivity index (χ3v) is 5.55. The SMILES string of the molecule is CC(C)(C)C(O)CCN1CCC2(CCCCC2)CC1. The molecule has 2 nitrogen and oxygen atoms in total.